The lowest BCUT2D eigenvalue weighted by Gasteiger charge is -2.26. The van der Waals surface area contributed by atoms with Gasteiger partial charge in [0.1, 0.15) is 5.75 Å². The van der Waals surface area contributed by atoms with Gasteiger partial charge in [0.15, 0.2) is 11.4 Å². The molecule has 4 aromatic rings. The van der Waals surface area contributed by atoms with E-state index in [0.29, 0.717) is 46.0 Å². The van der Waals surface area contributed by atoms with E-state index < -0.39 is 0 Å². The fourth-order valence-electron chi connectivity index (χ4n) is 4.45. The molecule has 0 saturated heterocycles. The highest BCUT2D eigenvalue weighted by molar-refractivity contribution is 6.02. The molecule has 11 nitrogen and oxygen atoms in total. The number of Topliss-reactive ketones (excluding diaryl/α,β-unsaturated/α-hetero) is 1. The smallest absolute Gasteiger partial charge is 0.257 e. The lowest BCUT2D eigenvalue weighted by Crippen LogP contribution is -2.29. The number of carbonyl (C=O) groups excluding carboxylic acids is 2. The number of methoxy groups -OCH3 is 1. The Labute approximate surface area is 244 Å². The molecular formula is C31H35N7O4. The lowest BCUT2D eigenvalue weighted by atomic mass is 10.1. The van der Waals surface area contributed by atoms with Gasteiger partial charge in [-0.2, -0.15) is 4.98 Å². The Kier molecular flexibility index (Phi) is 9.02. The van der Waals surface area contributed by atoms with E-state index in [1.807, 2.05) is 39.0 Å². The third-order valence-electron chi connectivity index (χ3n) is 6.78. The Morgan fingerprint density at radius 2 is 1.86 bits per heavy atom. The molecule has 2 N–H and O–H groups in total. The zero-order valence-electron chi connectivity index (χ0n) is 24.7. The van der Waals surface area contributed by atoms with Crippen molar-refractivity contribution in [3.8, 4) is 11.4 Å². The van der Waals surface area contributed by atoms with Crippen LogP contribution in [0.4, 0.5) is 23.0 Å². The Morgan fingerprint density at radius 1 is 1.10 bits per heavy atom. The van der Waals surface area contributed by atoms with Crippen LogP contribution in [0.3, 0.4) is 0 Å². The molecule has 0 aliphatic carbocycles. The van der Waals surface area contributed by atoms with Crippen molar-refractivity contribution < 1.29 is 14.3 Å². The van der Waals surface area contributed by atoms with Crippen LogP contribution in [0.15, 0.2) is 66.1 Å². The molecule has 2 aromatic heterocycles. The number of ketones is 1. The maximum atomic E-state index is 13.2. The predicted octanol–water partition coefficient (Wildman–Crippen LogP) is 4.17. The minimum absolute atomic E-state index is 0.111. The average Bonchev–Trinajstić information content (AvgIpc) is 2.96. The van der Waals surface area contributed by atoms with Crippen molar-refractivity contribution in [3.63, 3.8) is 0 Å². The Balaban J connectivity index is 1.83. The maximum Gasteiger partial charge on any atom is 0.257 e. The molecule has 0 unspecified atom stereocenters. The van der Waals surface area contributed by atoms with Crippen LogP contribution in [-0.4, -0.2) is 72.5 Å². The first-order valence-electron chi connectivity index (χ1n) is 13.3. The second-order valence-corrected chi connectivity index (χ2v) is 10.2. The second-order valence-electron chi connectivity index (χ2n) is 10.2. The maximum absolute atomic E-state index is 13.2. The van der Waals surface area contributed by atoms with E-state index in [1.54, 1.807) is 43.6 Å². The standard InChI is InChI=1S/C31H35N7O4/c1-8-28(40)33-24-16-25(27(42-7)17-26(24)37(6)13-12-36(4)5)34-31-32-18-23-19(2)14-29(41)38(30(23)35-31)22-11-9-10-21(15-22)20(3)39/h8-11,14-18H,1,12-13H2,2-7H3,(H,33,40)(H,32,34,35). The minimum Gasteiger partial charge on any atom is -0.494 e. The van der Waals surface area contributed by atoms with Crippen molar-refractivity contribution in [2.75, 3.05) is 56.9 Å². The summed E-state index contributed by atoms with van der Waals surface area (Å²) in [5, 5.41) is 6.74. The van der Waals surface area contributed by atoms with E-state index in [2.05, 4.69) is 27.1 Å². The second kappa shape index (κ2) is 12.6. The van der Waals surface area contributed by atoms with Crippen molar-refractivity contribution in [1.29, 1.82) is 0 Å². The van der Waals surface area contributed by atoms with E-state index in [9.17, 15) is 14.4 Å². The minimum atomic E-state index is -0.359. The number of carbonyl (C=O) groups is 2. The number of nitrogens with one attached hydrogen (secondary N) is 2. The number of aryl methyl sites for hydroxylation is 1. The fourth-order valence-corrected chi connectivity index (χ4v) is 4.45. The summed E-state index contributed by atoms with van der Waals surface area (Å²) in [6.45, 7) is 8.37. The van der Waals surface area contributed by atoms with Crippen LogP contribution in [0, 0.1) is 6.92 Å². The van der Waals surface area contributed by atoms with Crippen LogP contribution < -0.4 is 25.8 Å². The van der Waals surface area contributed by atoms with Crippen molar-refractivity contribution in [2.24, 2.45) is 0 Å². The highest BCUT2D eigenvalue weighted by Crippen LogP contribution is 2.38. The summed E-state index contributed by atoms with van der Waals surface area (Å²) in [5.74, 6) is 0.234. The third kappa shape index (κ3) is 6.47. The van der Waals surface area contributed by atoms with Crippen molar-refractivity contribution in [3.05, 3.63) is 82.8 Å². The molecule has 0 atom stereocenters. The molecule has 0 spiro atoms. The summed E-state index contributed by atoms with van der Waals surface area (Å²) in [5.41, 5.74) is 3.59. The topological polar surface area (TPSA) is 122 Å². The highest BCUT2D eigenvalue weighted by atomic mass is 16.5. The molecule has 218 valence electrons. The van der Waals surface area contributed by atoms with Gasteiger partial charge >= 0.3 is 0 Å². The number of hydrogen-bond acceptors (Lipinski definition) is 9. The van der Waals surface area contributed by atoms with E-state index in [-0.39, 0.29) is 23.2 Å². The zero-order valence-corrected chi connectivity index (χ0v) is 24.7. The molecule has 0 fully saturated rings. The fraction of sp³-hybridized carbons (Fsp3) is 0.258. The number of hydrogen-bond donors (Lipinski definition) is 2. The van der Waals surface area contributed by atoms with E-state index >= 15 is 0 Å². The first-order chi connectivity index (χ1) is 20.0. The zero-order chi connectivity index (χ0) is 30.6. The Morgan fingerprint density at radius 3 is 2.52 bits per heavy atom. The van der Waals surface area contributed by atoms with Crippen LogP contribution >= 0.6 is 0 Å². The molecule has 2 heterocycles. The number of amides is 1. The number of likely N-dealkylation sites (N-methyl/N-ethyl adjacent to an activating group) is 2. The number of benzene rings is 2. The van der Waals surface area contributed by atoms with Crippen molar-refractivity contribution >= 4 is 45.7 Å². The molecule has 0 aliphatic heterocycles. The largest absolute Gasteiger partial charge is 0.494 e. The van der Waals surface area contributed by atoms with Gasteiger partial charge in [-0.1, -0.05) is 18.7 Å². The molecule has 0 saturated carbocycles. The molecular weight excluding hydrogens is 534 g/mol. The van der Waals surface area contributed by atoms with Gasteiger partial charge in [-0.05, 0) is 57.8 Å². The molecule has 0 radical (unpaired) electrons. The summed E-state index contributed by atoms with van der Waals surface area (Å²) >= 11 is 0. The van der Waals surface area contributed by atoms with Crippen molar-refractivity contribution in [2.45, 2.75) is 13.8 Å². The number of aromatic nitrogens is 3. The van der Waals surface area contributed by atoms with E-state index in [4.69, 9.17) is 9.72 Å². The number of ether oxygens (including phenoxy) is 1. The number of fused-ring (bicyclic) bond motifs is 1. The van der Waals surface area contributed by atoms with Gasteiger partial charge in [0, 0.05) is 49.4 Å². The first kappa shape index (κ1) is 29.9. The summed E-state index contributed by atoms with van der Waals surface area (Å²) in [7, 11) is 7.47. The quantitative estimate of drug-likeness (QED) is 0.202. The molecule has 2 aromatic carbocycles. The molecule has 11 heteroatoms. The molecule has 1 amide bonds. The van der Waals surface area contributed by atoms with Crippen LogP contribution in [0.5, 0.6) is 5.75 Å². The van der Waals surface area contributed by atoms with Gasteiger partial charge < -0.3 is 25.2 Å². The first-order valence-corrected chi connectivity index (χ1v) is 13.3. The highest BCUT2D eigenvalue weighted by Gasteiger charge is 2.18. The van der Waals surface area contributed by atoms with Crippen LogP contribution in [0.1, 0.15) is 22.8 Å². The van der Waals surface area contributed by atoms with Crippen LogP contribution in [0.25, 0.3) is 16.7 Å². The van der Waals surface area contributed by atoms with Gasteiger partial charge in [0.05, 0.1) is 29.9 Å². The van der Waals surface area contributed by atoms with Crippen LogP contribution in [0.2, 0.25) is 0 Å². The summed E-state index contributed by atoms with van der Waals surface area (Å²) < 4.78 is 7.16. The van der Waals surface area contributed by atoms with Crippen molar-refractivity contribution in [1.82, 2.24) is 19.4 Å². The lowest BCUT2D eigenvalue weighted by molar-refractivity contribution is -0.111. The van der Waals surface area contributed by atoms with Gasteiger partial charge in [-0.15, -0.1) is 0 Å². The van der Waals surface area contributed by atoms with Gasteiger partial charge in [-0.25, -0.2) is 4.98 Å². The normalized spacial score (nSPS) is 10.9. The Bertz CT molecular complexity index is 1730. The predicted molar refractivity (Wildman–Crippen MR) is 167 cm³/mol. The molecule has 0 bridgehead atoms. The van der Waals surface area contributed by atoms with Gasteiger partial charge in [0.2, 0.25) is 11.9 Å². The number of anilines is 4. The molecule has 4 rings (SSSR count). The van der Waals surface area contributed by atoms with Crippen LogP contribution in [-0.2, 0) is 4.79 Å². The summed E-state index contributed by atoms with van der Waals surface area (Å²) in [6, 6.07) is 11.9. The van der Waals surface area contributed by atoms with Gasteiger partial charge in [0.25, 0.3) is 5.56 Å². The third-order valence-corrected chi connectivity index (χ3v) is 6.78. The van der Waals surface area contributed by atoms with E-state index in [1.165, 1.54) is 23.6 Å². The van der Waals surface area contributed by atoms with Gasteiger partial charge in [-0.3, -0.25) is 19.0 Å². The van der Waals surface area contributed by atoms with E-state index in [0.717, 1.165) is 17.8 Å². The number of pyridine rings is 1. The number of nitrogens with zero attached hydrogens (tertiary/aromatic N) is 5. The number of rotatable bonds is 11. The molecule has 42 heavy (non-hydrogen) atoms. The summed E-state index contributed by atoms with van der Waals surface area (Å²) in [4.78, 5) is 50.8. The average molecular weight is 570 g/mol. The molecule has 0 aliphatic rings. The monoisotopic (exact) mass is 569 g/mol. The SMILES string of the molecule is C=CC(=O)Nc1cc(Nc2ncc3c(C)cc(=O)n(-c4cccc(C(C)=O)c4)c3n2)c(OC)cc1N(C)CCN(C)C. The summed E-state index contributed by atoms with van der Waals surface area (Å²) in [6.07, 6.45) is 2.84. The Hall–Kier alpha value is -5.03.